The lowest BCUT2D eigenvalue weighted by Crippen LogP contribution is -2.47. The number of rotatable bonds is 8. The standard InChI is InChI=1S/C36H31BrClFN6O4/c1-20-18-44-31(19-43(20)35(47)21-8-15-27(37)28(38)16-21)33(45(36(44)48)22-9-11-23(12-10-22)49-24-13-14-24)34(46)41-17-26-25(4-2-5-29(26)39)30-6-3-7-32(40)42-30/h2-12,15-16,20,24H,13-14,17-19H2,1H3,(H2,40,42)(H,41,46). The SMILES string of the molecule is CC1Cn2c(c(C(=O)NCc3c(F)cccc3-c3cccc(N)n3)n(-c3ccc(OC4CC4)cc3)c2=O)CN1C(=O)c1ccc(Br)c(Cl)c1. The number of pyridine rings is 1. The molecule has 0 spiro atoms. The second kappa shape index (κ2) is 13.2. The van der Waals surface area contributed by atoms with E-state index in [1.165, 1.54) is 15.2 Å². The number of fused-ring (bicyclic) bond motifs is 1. The summed E-state index contributed by atoms with van der Waals surface area (Å²) in [5.74, 6) is -0.522. The summed E-state index contributed by atoms with van der Waals surface area (Å²) < 4.78 is 24.7. The molecule has 49 heavy (non-hydrogen) atoms. The third-order valence-corrected chi connectivity index (χ3v) is 9.93. The van der Waals surface area contributed by atoms with Crippen molar-refractivity contribution in [2.75, 3.05) is 5.73 Å². The van der Waals surface area contributed by atoms with Crippen LogP contribution in [0, 0.1) is 5.82 Å². The number of amides is 2. The highest BCUT2D eigenvalue weighted by molar-refractivity contribution is 9.10. The van der Waals surface area contributed by atoms with Crippen LogP contribution in [0.3, 0.4) is 0 Å². The van der Waals surface area contributed by atoms with Gasteiger partial charge in [0, 0.05) is 40.3 Å². The topological polar surface area (TPSA) is 124 Å². The van der Waals surface area contributed by atoms with E-state index in [1.54, 1.807) is 77.7 Å². The number of nitrogen functional groups attached to an aromatic ring is 1. The molecule has 3 N–H and O–H groups in total. The van der Waals surface area contributed by atoms with Crippen LogP contribution in [-0.4, -0.2) is 43.0 Å². The van der Waals surface area contributed by atoms with Crippen molar-refractivity contribution in [2.24, 2.45) is 0 Å². The van der Waals surface area contributed by atoms with Crippen molar-refractivity contribution in [3.05, 3.63) is 127 Å². The summed E-state index contributed by atoms with van der Waals surface area (Å²) in [6.07, 6.45) is 2.18. The van der Waals surface area contributed by atoms with E-state index >= 15 is 4.39 Å². The van der Waals surface area contributed by atoms with Gasteiger partial charge >= 0.3 is 5.69 Å². The Morgan fingerprint density at radius 1 is 1.08 bits per heavy atom. The van der Waals surface area contributed by atoms with E-state index in [1.807, 2.05) is 6.92 Å². The van der Waals surface area contributed by atoms with E-state index in [2.05, 4.69) is 26.2 Å². The molecule has 1 saturated carbocycles. The molecule has 1 unspecified atom stereocenters. The molecule has 5 aromatic rings. The fraction of sp³-hybridized carbons (Fsp3) is 0.222. The molecule has 2 aliphatic rings. The molecule has 1 aliphatic heterocycles. The summed E-state index contributed by atoms with van der Waals surface area (Å²) in [6.45, 7) is 1.76. The minimum Gasteiger partial charge on any atom is -0.490 e. The van der Waals surface area contributed by atoms with Crippen LogP contribution in [-0.2, 0) is 19.6 Å². The van der Waals surface area contributed by atoms with Gasteiger partial charge in [0.2, 0.25) is 0 Å². The van der Waals surface area contributed by atoms with E-state index in [0.29, 0.717) is 43.4 Å². The van der Waals surface area contributed by atoms with Crippen molar-refractivity contribution in [1.82, 2.24) is 24.3 Å². The Bertz CT molecular complexity index is 2160. The predicted octanol–water partition coefficient (Wildman–Crippen LogP) is 6.35. The van der Waals surface area contributed by atoms with Crippen molar-refractivity contribution in [3.8, 4) is 22.7 Å². The first-order valence-electron chi connectivity index (χ1n) is 15.7. The third-order valence-electron chi connectivity index (χ3n) is 8.70. The van der Waals surface area contributed by atoms with Crippen molar-refractivity contribution in [2.45, 2.75) is 51.5 Å². The summed E-state index contributed by atoms with van der Waals surface area (Å²) in [7, 11) is 0. The quantitative estimate of drug-likeness (QED) is 0.191. The first-order valence-corrected chi connectivity index (χ1v) is 16.9. The second-order valence-corrected chi connectivity index (χ2v) is 13.4. The molecule has 13 heteroatoms. The zero-order valence-corrected chi connectivity index (χ0v) is 28.7. The van der Waals surface area contributed by atoms with E-state index in [0.717, 1.165) is 12.8 Å². The Morgan fingerprint density at radius 3 is 2.55 bits per heavy atom. The zero-order chi connectivity index (χ0) is 34.4. The highest BCUT2D eigenvalue weighted by Crippen LogP contribution is 2.30. The van der Waals surface area contributed by atoms with Crippen LogP contribution in [0.5, 0.6) is 5.75 Å². The van der Waals surface area contributed by atoms with Gasteiger partial charge in [0.25, 0.3) is 11.8 Å². The fourth-order valence-corrected chi connectivity index (χ4v) is 6.47. The Morgan fingerprint density at radius 2 is 1.84 bits per heavy atom. The zero-order valence-electron chi connectivity index (χ0n) is 26.3. The highest BCUT2D eigenvalue weighted by atomic mass is 79.9. The molecule has 1 aliphatic carbocycles. The average molecular weight is 746 g/mol. The van der Waals surface area contributed by atoms with Gasteiger partial charge in [-0.15, -0.1) is 0 Å². The van der Waals surface area contributed by atoms with Crippen molar-refractivity contribution < 1.29 is 18.7 Å². The normalized spacial score (nSPS) is 15.5. The Hall–Kier alpha value is -4.94. The van der Waals surface area contributed by atoms with Gasteiger partial charge in [0.1, 0.15) is 23.1 Å². The van der Waals surface area contributed by atoms with Crippen LogP contribution in [0.15, 0.2) is 88.1 Å². The number of benzene rings is 3. The lowest BCUT2D eigenvalue weighted by atomic mass is 10.0. The second-order valence-electron chi connectivity index (χ2n) is 12.1. The van der Waals surface area contributed by atoms with Crippen LogP contribution >= 0.6 is 27.5 Å². The van der Waals surface area contributed by atoms with Crippen LogP contribution in [0.1, 0.15) is 51.9 Å². The minimum atomic E-state index is -0.618. The van der Waals surface area contributed by atoms with Crippen LogP contribution in [0.2, 0.25) is 5.02 Å². The number of nitrogens with one attached hydrogen (secondary N) is 1. The van der Waals surface area contributed by atoms with Crippen LogP contribution in [0.4, 0.5) is 10.2 Å². The molecule has 10 nitrogen and oxygen atoms in total. The van der Waals surface area contributed by atoms with Gasteiger partial charge in [-0.1, -0.05) is 29.8 Å². The van der Waals surface area contributed by atoms with Gasteiger partial charge in [0.05, 0.1) is 34.7 Å². The first kappa shape index (κ1) is 32.6. The van der Waals surface area contributed by atoms with Gasteiger partial charge in [-0.3, -0.25) is 18.7 Å². The number of ether oxygens (including phenoxy) is 1. The fourth-order valence-electron chi connectivity index (χ4n) is 6.04. The van der Waals surface area contributed by atoms with Gasteiger partial charge in [-0.25, -0.2) is 14.2 Å². The molecule has 0 saturated heterocycles. The number of hydrogen-bond donors (Lipinski definition) is 2. The van der Waals surface area contributed by atoms with E-state index < -0.39 is 17.4 Å². The maximum absolute atomic E-state index is 15.3. The molecule has 0 bridgehead atoms. The monoisotopic (exact) mass is 744 g/mol. The smallest absolute Gasteiger partial charge is 0.333 e. The van der Waals surface area contributed by atoms with E-state index in [9.17, 15) is 14.4 Å². The molecule has 2 aromatic heterocycles. The Balaban J connectivity index is 1.27. The number of hydrogen-bond acceptors (Lipinski definition) is 6. The van der Waals surface area contributed by atoms with E-state index in [4.69, 9.17) is 22.1 Å². The van der Waals surface area contributed by atoms with E-state index in [-0.39, 0.29) is 54.8 Å². The predicted molar refractivity (Wildman–Crippen MR) is 187 cm³/mol. The van der Waals surface area contributed by atoms with Crippen LogP contribution in [0.25, 0.3) is 16.9 Å². The van der Waals surface area contributed by atoms with Gasteiger partial charge < -0.3 is 20.7 Å². The molecule has 1 fully saturated rings. The molecule has 1 atom stereocenters. The first-order chi connectivity index (χ1) is 23.6. The average Bonchev–Trinajstić information content (AvgIpc) is 3.86. The Kier molecular flexibility index (Phi) is 8.76. The number of imidazole rings is 1. The summed E-state index contributed by atoms with van der Waals surface area (Å²) in [4.78, 5) is 48.1. The molecule has 250 valence electrons. The summed E-state index contributed by atoms with van der Waals surface area (Å²) in [5, 5.41) is 3.22. The number of nitrogens with zero attached hydrogens (tertiary/aromatic N) is 4. The maximum atomic E-state index is 15.3. The summed E-state index contributed by atoms with van der Waals surface area (Å²) in [5.41, 5.74) is 7.79. The van der Waals surface area contributed by atoms with Gasteiger partial charge in [-0.05, 0) is 96.4 Å². The van der Waals surface area contributed by atoms with Crippen molar-refractivity contribution in [1.29, 1.82) is 0 Å². The Labute approximate surface area is 294 Å². The minimum absolute atomic E-state index is 0.0281. The molecule has 2 amide bonds. The molecular weight excluding hydrogens is 715 g/mol. The number of anilines is 1. The molecule has 3 aromatic carbocycles. The largest absolute Gasteiger partial charge is 0.490 e. The lowest BCUT2D eigenvalue weighted by molar-refractivity contribution is 0.0610. The third kappa shape index (κ3) is 6.45. The molecule has 0 radical (unpaired) electrons. The number of carbonyl (C=O) groups excluding carboxylic acids is 2. The summed E-state index contributed by atoms with van der Waals surface area (Å²) in [6, 6.07) is 21.1. The summed E-state index contributed by atoms with van der Waals surface area (Å²) >= 11 is 9.66. The van der Waals surface area contributed by atoms with Crippen LogP contribution < -0.4 is 21.5 Å². The molecule has 3 heterocycles. The van der Waals surface area contributed by atoms with Crippen molar-refractivity contribution in [3.63, 3.8) is 0 Å². The number of nitrogens with two attached hydrogens (primary N) is 1. The number of halogens is 3. The molecular formula is C36H31BrClFN6O4. The van der Waals surface area contributed by atoms with Gasteiger partial charge in [-0.2, -0.15) is 0 Å². The number of carbonyl (C=O) groups is 2. The van der Waals surface area contributed by atoms with Gasteiger partial charge in [0.15, 0.2) is 0 Å². The molecule has 7 rings (SSSR count). The lowest BCUT2D eigenvalue weighted by Gasteiger charge is -2.34. The maximum Gasteiger partial charge on any atom is 0.333 e. The number of aromatic nitrogens is 3. The highest BCUT2D eigenvalue weighted by Gasteiger charge is 2.35. The van der Waals surface area contributed by atoms with Crippen molar-refractivity contribution >= 4 is 45.2 Å².